The van der Waals surface area contributed by atoms with Crippen molar-refractivity contribution in [2.45, 2.75) is 46.6 Å². The number of hydrogen-bond acceptors (Lipinski definition) is 6. The summed E-state index contributed by atoms with van der Waals surface area (Å²) in [5.41, 5.74) is 1.51. The van der Waals surface area contributed by atoms with Crippen LogP contribution in [-0.2, 0) is 19.4 Å². The van der Waals surface area contributed by atoms with E-state index in [9.17, 15) is 9.59 Å². The molecular weight excluding hydrogens is 440 g/mol. The monoisotopic (exact) mass is 470 g/mol. The summed E-state index contributed by atoms with van der Waals surface area (Å²) in [5, 5.41) is 2.75. The quantitative estimate of drug-likeness (QED) is 0.624. The van der Waals surface area contributed by atoms with Crippen molar-refractivity contribution >= 4 is 38.8 Å². The van der Waals surface area contributed by atoms with Crippen LogP contribution >= 0.6 is 22.7 Å². The van der Waals surface area contributed by atoms with Crippen LogP contribution in [0.3, 0.4) is 0 Å². The molecule has 3 aromatic rings. The number of piperazine rings is 1. The zero-order chi connectivity index (χ0) is 22.5. The largest absolute Gasteiger partial charge is 0.335 e. The maximum atomic E-state index is 13.0. The predicted molar refractivity (Wildman–Crippen MR) is 131 cm³/mol. The fourth-order valence-electron chi connectivity index (χ4n) is 4.92. The van der Waals surface area contributed by atoms with E-state index in [4.69, 9.17) is 4.98 Å². The van der Waals surface area contributed by atoms with Crippen molar-refractivity contribution in [3.05, 3.63) is 49.0 Å². The molecule has 1 N–H and O–H groups in total. The van der Waals surface area contributed by atoms with E-state index in [0.717, 1.165) is 53.3 Å². The Balaban J connectivity index is 1.29. The Hall–Kier alpha value is -2.03. The normalized spacial score (nSPS) is 20.0. The van der Waals surface area contributed by atoms with E-state index in [1.54, 1.807) is 11.3 Å². The SMILES string of the molecule is CC(C)(C)[C@H]1CCc2c(sc3nc(CN4CCN(C(=O)c5cccs5)CC4)[nH]c(=O)c23)C1. The molecule has 1 saturated heterocycles. The maximum Gasteiger partial charge on any atom is 0.264 e. The molecule has 0 radical (unpaired) electrons. The number of nitrogens with zero attached hydrogens (tertiary/aromatic N) is 3. The lowest BCUT2D eigenvalue weighted by atomic mass is 9.72. The zero-order valence-corrected chi connectivity index (χ0v) is 20.6. The van der Waals surface area contributed by atoms with E-state index in [1.807, 2.05) is 22.4 Å². The topological polar surface area (TPSA) is 69.3 Å². The Bertz CT molecular complexity index is 1180. The van der Waals surface area contributed by atoms with Crippen LogP contribution in [0.4, 0.5) is 0 Å². The van der Waals surface area contributed by atoms with Crippen molar-refractivity contribution in [3.63, 3.8) is 0 Å². The van der Waals surface area contributed by atoms with E-state index in [0.29, 0.717) is 25.6 Å². The smallest absolute Gasteiger partial charge is 0.264 e. The van der Waals surface area contributed by atoms with Crippen molar-refractivity contribution in [1.82, 2.24) is 19.8 Å². The first-order chi connectivity index (χ1) is 15.3. The molecule has 1 atom stereocenters. The van der Waals surface area contributed by atoms with Gasteiger partial charge in [0.1, 0.15) is 10.7 Å². The van der Waals surface area contributed by atoms with Crippen LogP contribution < -0.4 is 5.56 Å². The number of aromatic nitrogens is 2. The van der Waals surface area contributed by atoms with Crippen molar-refractivity contribution in [3.8, 4) is 0 Å². The lowest BCUT2D eigenvalue weighted by molar-refractivity contribution is 0.0630. The number of amides is 1. The van der Waals surface area contributed by atoms with E-state index < -0.39 is 0 Å². The van der Waals surface area contributed by atoms with Gasteiger partial charge in [0.2, 0.25) is 0 Å². The summed E-state index contributed by atoms with van der Waals surface area (Å²) in [4.78, 5) is 40.7. The minimum Gasteiger partial charge on any atom is -0.335 e. The van der Waals surface area contributed by atoms with Gasteiger partial charge in [-0.2, -0.15) is 0 Å². The molecule has 0 saturated carbocycles. The minimum atomic E-state index is 0.00298. The summed E-state index contributed by atoms with van der Waals surface area (Å²) in [7, 11) is 0. The molecule has 1 fully saturated rings. The molecule has 1 aliphatic carbocycles. The average molecular weight is 471 g/mol. The molecule has 170 valence electrons. The summed E-state index contributed by atoms with van der Waals surface area (Å²) >= 11 is 3.20. The first kappa shape index (κ1) is 21.8. The molecule has 0 bridgehead atoms. The fraction of sp³-hybridized carbons (Fsp3) is 0.542. The molecule has 1 aliphatic heterocycles. The molecule has 3 aromatic heterocycles. The molecule has 0 aromatic carbocycles. The number of thiophene rings is 2. The molecule has 2 aliphatic rings. The fourth-order valence-corrected chi connectivity index (χ4v) is 6.93. The Kier molecular flexibility index (Phi) is 5.72. The number of carbonyl (C=O) groups is 1. The molecule has 0 spiro atoms. The highest BCUT2D eigenvalue weighted by Crippen LogP contribution is 2.42. The maximum absolute atomic E-state index is 13.0. The molecule has 0 unspecified atom stereocenters. The lowest BCUT2D eigenvalue weighted by Gasteiger charge is -2.34. The number of aromatic amines is 1. The Morgan fingerprint density at radius 3 is 2.72 bits per heavy atom. The number of hydrogen-bond donors (Lipinski definition) is 1. The first-order valence-electron chi connectivity index (χ1n) is 11.4. The highest BCUT2D eigenvalue weighted by Gasteiger charge is 2.32. The summed E-state index contributed by atoms with van der Waals surface area (Å²) < 4.78 is 0. The second-order valence-corrected chi connectivity index (χ2v) is 12.1. The third-order valence-electron chi connectivity index (χ3n) is 6.96. The number of rotatable bonds is 3. The predicted octanol–water partition coefficient (Wildman–Crippen LogP) is 4.16. The van der Waals surface area contributed by atoms with Crippen molar-refractivity contribution in [2.75, 3.05) is 26.2 Å². The van der Waals surface area contributed by atoms with Gasteiger partial charge in [-0.3, -0.25) is 14.5 Å². The second-order valence-electron chi connectivity index (χ2n) is 10.0. The number of nitrogens with one attached hydrogen (secondary N) is 1. The third kappa shape index (κ3) is 4.16. The summed E-state index contributed by atoms with van der Waals surface area (Å²) in [6.07, 6.45) is 3.16. The van der Waals surface area contributed by atoms with Gasteiger partial charge in [-0.05, 0) is 47.6 Å². The highest BCUT2D eigenvalue weighted by molar-refractivity contribution is 7.18. The van der Waals surface area contributed by atoms with Crippen LogP contribution in [0.2, 0.25) is 0 Å². The average Bonchev–Trinajstić information content (AvgIpc) is 3.40. The van der Waals surface area contributed by atoms with Crippen LogP contribution in [0.5, 0.6) is 0 Å². The lowest BCUT2D eigenvalue weighted by Crippen LogP contribution is -2.48. The Morgan fingerprint density at radius 2 is 2.03 bits per heavy atom. The van der Waals surface area contributed by atoms with E-state index in [-0.39, 0.29) is 16.9 Å². The van der Waals surface area contributed by atoms with Crippen LogP contribution in [0, 0.1) is 11.3 Å². The van der Waals surface area contributed by atoms with Crippen molar-refractivity contribution < 1.29 is 4.79 Å². The van der Waals surface area contributed by atoms with Gasteiger partial charge in [-0.1, -0.05) is 26.8 Å². The summed E-state index contributed by atoms with van der Waals surface area (Å²) in [6, 6.07) is 3.80. The van der Waals surface area contributed by atoms with Crippen LogP contribution in [0.25, 0.3) is 10.2 Å². The molecule has 4 heterocycles. The number of carbonyl (C=O) groups excluding carboxylic acids is 1. The van der Waals surface area contributed by atoms with Gasteiger partial charge < -0.3 is 9.88 Å². The van der Waals surface area contributed by atoms with Gasteiger partial charge in [0.05, 0.1) is 16.8 Å². The van der Waals surface area contributed by atoms with Crippen molar-refractivity contribution in [1.29, 1.82) is 0 Å². The Morgan fingerprint density at radius 1 is 1.25 bits per heavy atom. The van der Waals surface area contributed by atoms with Crippen LogP contribution in [0.1, 0.15) is 53.1 Å². The molecule has 32 heavy (non-hydrogen) atoms. The number of H-pyrrole nitrogens is 1. The zero-order valence-electron chi connectivity index (χ0n) is 18.9. The molecule has 1 amide bonds. The van der Waals surface area contributed by atoms with Gasteiger partial charge >= 0.3 is 0 Å². The van der Waals surface area contributed by atoms with Gasteiger partial charge in [-0.15, -0.1) is 22.7 Å². The number of aryl methyl sites for hydroxylation is 1. The van der Waals surface area contributed by atoms with Crippen molar-refractivity contribution in [2.24, 2.45) is 11.3 Å². The van der Waals surface area contributed by atoms with Gasteiger partial charge in [0.25, 0.3) is 11.5 Å². The Labute approximate surface area is 196 Å². The first-order valence-corrected chi connectivity index (χ1v) is 13.1. The molecule has 8 heteroatoms. The molecular formula is C24H30N4O2S2. The minimum absolute atomic E-state index is 0.00298. The van der Waals surface area contributed by atoms with E-state index >= 15 is 0 Å². The molecule has 6 nitrogen and oxygen atoms in total. The van der Waals surface area contributed by atoms with Crippen LogP contribution in [0.15, 0.2) is 22.3 Å². The standard InChI is InChI=1S/C24H30N4O2S2/c1-24(2,3)15-6-7-16-18(13-15)32-22-20(16)21(29)25-19(26-22)14-27-8-10-28(11-9-27)23(30)17-5-4-12-31-17/h4-5,12,15H,6-11,13-14H2,1-3H3,(H,25,26,29)/t15-/m0/s1. The van der Waals surface area contributed by atoms with Gasteiger partial charge in [-0.25, -0.2) is 4.98 Å². The molecule has 5 rings (SSSR count). The highest BCUT2D eigenvalue weighted by atomic mass is 32.1. The van der Waals surface area contributed by atoms with Gasteiger partial charge in [0, 0.05) is 31.1 Å². The summed E-state index contributed by atoms with van der Waals surface area (Å²) in [5.74, 6) is 1.49. The second kappa shape index (κ2) is 8.39. The summed E-state index contributed by atoms with van der Waals surface area (Å²) in [6.45, 7) is 10.5. The third-order valence-corrected chi connectivity index (χ3v) is 8.96. The van der Waals surface area contributed by atoms with E-state index in [1.165, 1.54) is 21.8 Å². The van der Waals surface area contributed by atoms with Gasteiger partial charge in [0.15, 0.2) is 0 Å². The van der Waals surface area contributed by atoms with E-state index in [2.05, 4.69) is 30.7 Å². The number of fused-ring (bicyclic) bond motifs is 3. The van der Waals surface area contributed by atoms with Crippen LogP contribution in [-0.4, -0.2) is 51.9 Å².